The molecule has 0 atom stereocenters. The van der Waals surface area contributed by atoms with Crippen LogP contribution in [0.25, 0.3) is 11.1 Å². The monoisotopic (exact) mass is 471 g/mol. The Morgan fingerprint density at radius 3 is 1.53 bits per heavy atom. The van der Waals surface area contributed by atoms with Crippen molar-refractivity contribution < 1.29 is 14.3 Å². The molecule has 0 heterocycles. The van der Waals surface area contributed by atoms with Crippen molar-refractivity contribution in [3.05, 3.63) is 133 Å². The van der Waals surface area contributed by atoms with Gasteiger partial charge in [-0.25, -0.2) is 0 Å². The molecule has 0 unspecified atom stereocenters. The molecule has 4 nitrogen and oxygen atoms in total. The van der Waals surface area contributed by atoms with Gasteiger partial charge in [0.15, 0.2) is 0 Å². The Morgan fingerprint density at radius 1 is 0.528 bits per heavy atom. The lowest BCUT2D eigenvalue weighted by Gasteiger charge is -2.26. The van der Waals surface area contributed by atoms with E-state index in [1.807, 2.05) is 54.6 Å². The second kappa shape index (κ2) is 10.6. The molecule has 4 heteroatoms. The van der Waals surface area contributed by atoms with Gasteiger partial charge in [0, 0.05) is 17.1 Å². The highest BCUT2D eigenvalue weighted by Gasteiger charge is 2.13. The molecular formula is C32H25NO3. The summed E-state index contributed by atoms with van der Waals surface area (Å²) in [5.41, 5.74) is 6.47. The minimum atomic E-state index is 0.434. The number of ether oxygens (including phenoxy) is 2. The molecule has 0 radical (unpaired) electrons. The Kier molecular flexibility index (Phi) is 6.77. The Balaban J connectivity index is 1.44. The molecule has 0 spiro atoms. The van der Waals surface area contributed by atoms with Crippen molar-refractivity contribution in [3.63, 3.8) is 0 Å². The molecule has 0 saturated carbocycles. The number of benzene rings is 5. The molecule has 36 heavy (non-hydrogen) atoms. The van der Waals surface area contributed by atoms with Crippen molar-refractivity contribution in [3.8, 4) is 28.4 Å². The van der Waals surface area contributed by atoms with E-state index in [1.165, 1.54) is 5.56 Å². The number of para-hydroxylation sites is 1. The zero-order valence-electron chi connectivity index (χ0n) is 19.9. The fourth-order valence-electron chi connectivity index (χ4n) is 4.01. The Labute approximate surface area is 211 Å². The van der Waals surface area contributed by atoms with E-state index in [-0.39, 0.29) is 0 Å². The van der Waals surface area contributed by atoms with E-state index in [1.54, 1.807) is 12.1 Å². The van der Waals surface area contributed by atoms with Crippen molar-refractivity contribution >= 4 is 23.5 Å². The van der Waals surface area contributed by atoms with Gasteiger partial charge in [0.25, 0.3) is 6.47 Å². The van der Waals surface area contributed by atoms with Crippen molar-refractivity contribution in [2.45, 2.75) is 6.92 Å². The molecule has 176 valence electrons. The highest BCUT2D eigenvalue weighted by molar-refractivity contribution is 5.78. The van der Waals surface area contributed by atoms with Gasteiger partial charge in [-0.15, -0.1) is 0 Å². The van der Waals surface area contributed by atoms with Crippen LogP contribution in [0.15, 0.2) is 127 Å². The van der Waals surface area contributed by atoms with E-state index in [0.29, 0.717) is 12.2 Å². The maximum atomic E-state index is 10.6. The van der Waals surface area contributed by atoms with Crippen molar-refractivity contribution in [1.82, 2.24) is 0 Å². The molecule has 0 fully saturated rings. The molecule has 5 rings (SSSR count). The van der Waals surface area contributed by atoms with Crippen molar-refractivity contribution in [2.24, 2.45) is 0 Å². The fraction of sp³-hybridized carbons (Fsp3) is 0.0312. The summed E-state index contributed by atoms with van der Waals surface area (Å²) in [6, 6.07) is 42.2. The van der Waals surface area contributed by atoms with E-state index in [2.05, 4.69) is 72.5 Å². The van der Waals surface area contributed by atoms with Crippen molar-refractivity contribution in [2.75, 3.05) is 4.90 Å². The lowest BCUT2D eigenvalue weighted by atomic mass is 10.0. The third-order valence-corrected chi connectivity index (χ3v) is 5.86. The predicted octanol–water partition coefficient (Wildman–Crippen LogP) is 8.46. The first kappa shape index (κ1) is 22.9. The molecule has 0 N–H and O–H groups in total. The maximum absolute atomic E-state index is 10.6. The molecule has 0 aromatic heterocycles. The largest absolute Gasteiger partial charge is 0.457 e. The van der Waals surface area contributed by atoms with E-state index >= 15 is 0 Å². The summed E-state index contributed by atoms with van der Waals surface area (Å²) in [4.78, 5) is 12.8. The van der Waals surface area contributed by atoms with Crippen LogP contribution < -0.4 is 14.4 Å². The molecule has 0 saturated heterocycles. The molecule has 5 aromatic rings. The first-order valence-electron chi connectivity index (χ1n) is 11.7. The Morgan fingerprint density at radius 2 is 0.972 bits per heavy atom. The average molecular weight is 472 g/mol. The summed E-state index contributed by atoms with van der Waals surface area (Å²) in [6.07, 6.45) is 0. The van der Waals surface area contributed by atoms with Crippen LogP contribution in [0.3, 0.4) is 0 Å². The van der Waals surface area contributed by atoms with Gasteiger partial charge in [-0.3, -0.25) is 4.79 Å². The number of hydrogen-bond donors (Lipinski definition) is 0. The lowest BCUT2D eigenvalue weighted by Crippen LogP contribution is -2.09. The minimum absolute atomic E-state index is 0.434. The van der Waals surface area contributed by atoms with Crippen LogP contribution in [-0.4, -0.2) is 6.47 Å². The summed E-state index contributed by atoms with van der Waals surface area (Å²) >= 11 is 0. The Bertz CT molecular complexity index is 1410. The topological polar surface area (TPSA) is 38.8 Å². The van der Waals surface area contributed by atoms with Gasteiger partial charge >= 0.3 is 0 Å². The summed E-state index contributed by atoms with van der Waals surface area (Å²) in [5, 5.41) is 0. The Hall–Kier alpha value is -4.83. The second-order valence-corrected chi connectivity index (χ2v) is 8.37. The fourth-order valence-corrected chi connectivity index (χ4v) is 4.01. The number of carbonyl (C=O) groups is 1. The van der Waals surface area contributed by atoms with Crippen LogP contribution in [-0.2, 0) is 4.79 Å². The number of aryl methyl sites for hydroxylation is 1. The number of rotatable bonds is 8. The third kappa shape index (κ3) is 5.29. The highest BCUT2D eigenvalue weighted by Crippen LogP contribution is 2.37. The second-order valence-electron chi connectivity index (χ2n) is 8.37. The van der Waals surface area contributed by atoms with E-state index in [4.69, 9.17) is 9.47 Å². The number of nitrogens with zero attached hydrogens (tertiary/aromatic N) is 1. The van der Waals surface area contributed by atoms with E-state index in [0.717, 1.165) is 39.7 Å². The minimum Gasteiger partial charge on any atom is -0.457 e. The lowest BCUT2D eigenvalue weighted by molar-refractivity contribution is -0.120. The van der Waals surface area contributed by atoms with Gasteiger partial charge in [0.05, 0.1) is 0 Å². The first-order valence-corrected chi connectivity index (χ1v) is 11.7. The van der Waals surface area contributed by atoms with Gasteiger partial charge in [0.1, 0.15) is 17.2 Å². The summed E-state index contributed by atoms with van der Waals surface area (Å²) in [5.74, 6) is 2.11. The number of hydrogen-bond acceptors (Lipinski definition) is 4. The van der Waals surface area contributed by atoms with Crippen LogP contribution in [0.4, 0.5) is 17.1 Å². The van der Waals surface area contributed by atoms with Crippen LogP contribution in [0.2, 0.25) is 0 Å². The van der Waals surface area contributed by atoms with Crippen molar-refractivity contribution in [1.29, 1.82) is 0 Å². The average Bonchev–Trinajstić information content (AvgIpc) is 2.93. The van der Waals surface area contributed by atoms with Crippen LogP contribution in [0.5, 0.6) is 17.2 Å². The van der Waals surface area contributed by atoms with Crippen LogP contribution in [0.1, 0.15) is 5.56 Å². The highest BCUT2D eigenvalue weighted by atomic mass is 16.5. The van der Waals surface area contributed by atoms with Gasteiger partial charge in [-0.1, -0.05) is 60.2 Å². The first-order chi connectivity index (χ1) is 17.7. The van der Waals surface area contributed by atoms with E-state index < -0.39 is 0 Å². The zero-order valence-corrected chi connectivity index (χ0v) is 19.9. The van der Waals surface area contributed by atoms with Crippen LogP contribution in [0, 0.1) is 6.92 Å². The molecular weight excluding hydrogens is 446 g/mol. The molecule has 0 amide bonds. The molecule has 5 aromatic carbocycles. The SMILES string of the molecule is Cc1ccc(N(c2ccc(Oc3ccccc3)cc2)c2ccc(-c3ccc(OC=O)cc3)cc2)cc1. The third-order valence-electron chi connectivity index (χ3n) is 5.86. The molecule has 0 aliphatic rings. The number of carbonyl (C=O) groups excluding carboxylic acids is 1. The van der Waals surface area contributed by atoms with Gasteiger partial charge < -0.3 is 14.4 Å². The summed E-state index contributed by atoms with van der Waals surface area (Å²) < 4.78 is 10.9. The smallest absolute Gasteiger partial charge is 0.298 e. The molecule has 0 bridgehead atoms. The maximum Gasteiger partial charge on any atom is 0.298 e. The normalized spacial score (nSPS) is 10.5. The van der Waals surface area contributed by atoms with Gasteiger partial charge in [-0.2, -0.15) is 0 Å². The zero-order chi connectivity index (χ0) is 24.7. The molecule has 0 aliphatic heterocycles. The summed E-state index contributed by atoms with van der Waals surface area (Å²) in [7, 11) is 0. The summed E-state index contributed by atoms with van der Waals surface area (Å²) in [6.45, 7) is 2.52. The predicted molar refractivity (Wildman–Crippen MR) is 145 cm³/mol. The van der Waals surface area contributed by atoms with E-state index in [9.17, 15) is 4.79 Å². The van der Waals surface area contributed by atoms with Gasteiger partial charge in [0.2, 0.25) is 0 Å². The standard InChI is InChI=1S/C32H25NO3/c1-24-7-13-27(14-8-24)33(29-17-21-32(22-18-29)36-31-5-3-2-4-6-31)28-15-9-25(10-16-28)26-11-19-30(20-12-26)35-23-34/h2-23H,1H3. The number of anilines is 3. The molecule has 0 aliphatic carbocycles. The quantitative estimate of drug-likeness (QED) is 0.213. The van der Waals surface area contributed by atoms with Gasteiger partial charge in [-0.05, 0) is 90.8 Å². The van der Waals surface area contributed by atoms with Crippen LogP contribution >= 0.6 is 0 Å².